The van der Waals surface area contributed by atoms with Crippen LogP contribution in [0.4, 0.5) is 10.5 Å². The van der Waals surface area contributed by atoms with Crippen LogP contribution in [-0.4, -0.2) is 105 Å². The first-order valence-electron chi connectivity index (χ1n) is 27.2. The number of nitrogens with one attached hydrogen (secondary N) is 4. The molecule has 4 aliphatic rings. The van der Waals surface area contributed by atoms with E-state index in [2.05, 4.69) is 28.2 Å². The minimum Gasteiger partial charge on any atom is -0.508 e. The number of phenols is 3. The Morgan fingerprint density at radius 2 is 1.05 bits per heavy atom. The molecule has 4 saturated heterocycles. The molecule has 74 heavy (non-hydrogen) atoms. The van der Waals surface area contributed by atoms with E-state index in [4.69, 9.17) is 28.4 Å². The molecule has 16 heteroatoms. The van der Waals surface area contributed by atoms with E-state index in [1.54, 1.807) is 36.4 Å². The number of carbonyl (C=O) groups is 1. The lowest BCUT2D eigenvalue weighted by Crippen LogP contribution is -2.52. The number of para-hydroxylation sites is 4. The third kappa shape index (κ3) is 16.6. The van der Waals surface area contributed by atoms with E-state index in [1.165, 1.54) is 0 Å². The Morgan fingerprint density at radius 1 is 0.568 bits per heavy atom. The molecule has 0 radical (unpaired) electrons. The van der Waals surface area contributed by atoms with Crippen molar-refractivity contribution in [1.29, 1.82) is 0 Å². The number of ether oxygens (including phenoxy) is 6. The first-order chi connectivity index (χ1) is 35.9. The van der Waals surface area contributed by atoms with E-state index in [1.807, 2.05) is 73.7 Å². The number of hydrogen-bond donors (Lipinski definition) is 9. The highest BCUT2D eigenvalue weighted by atomic mass is 16.7. The molecular formula is C58H80N4O12. The summed E-state index contributed by atoms with van der Waals surface area (Å²) in [6, 6.07) is 30.9. The van der Waals surface area contributed by atoms with E-state index in [0.717, 1.165) is 37.7 Å². The van der Waals surface area contributed by atoms with Crippen molar-refractivity contribution in [3.8, 4) is 17.2 Å². The van der Waals surface area contributed by atoms with Crippen molar-refractivity contribution < 1.29 is 58.7 Å². The lowest BCUT2D eigenvalue weighted by molar-refractivity contribution is -0.251. The molecular weight excluding hydrogens is 945 g/mol. The van der Waals surface area contributed by atoms with Crippen molar-refractivity contribution in [3.63, 3.8) is 0 Å². The number of benzene rings is 4. The number of aliphatic hydroxyl groups is 2. The maximum Gasteiger partial charge on any atom is 0.319 e. The molecule has 4 aromatic rings. The molecule has 0 aromatic heterocycles. The summed E-state index contributed by atoms with van der Waals surface area (Å²) in [4.78, 5) is 12.9. The van der Waals surface area contributed by atoms with E-state index in [0.29, 0.717) is 93.5 Å². The fourth-order valence-electron chi connectivity index (χ4n) is 11.0. The van der Waals surface area contributed by atoms with E-state index in [9.17, 15) is 30.3 Å². The predicted octanol–water partition coefficient (Wildman–Crippen LogP) is 9.63. The first kappa shape index (κ1) is 55.4. The Hall–Kier alpha value is -4.85. The topological polar surface area (TPSA) is 222 Å². The number of amides is 2. The minimum atomic E-state index is -0.761. The highest BCUT2D eigenvalue weighted by Gasteiger charge is 2.36. The van der Waals surface area contributed by atoms with Gasteiger partial charge in [-0.2, -0.15) is 0 Å². The van der Waals surface area contributed by atoms with Crippen LogP contribution in [0.2, 0.25) is 0 Å². The molecule has 4 heterocycles. The Kier molecular flexibility index (Phi) is 20.8. The lowest BCUT2D eigenvalue weighted by Gasteiger charge is -2.39. The van der Waals surface area contributed by atoms with Gasteiger partial charge in [-0.05, 0) is 127 Å². The average Bonchev–Trinajstić information content (AvgIpc) is 3.38. The third-order valence-electron chi connectivity index (χ3n) is 14.9. The largest absolute Gasteiger partial charge is 0.508 e. The van der Waals surface area contributed by atoms with Crippen LogP contribution in [0.1, 0.15) is 152 Å². The molecule has 0 bridgehead atoms. The highest BCUT2D eigenvalue weighted by molar-refractivity contribution is 5.89. The number of aliphatic hydroxyl groups excluding tert-OH is 2. The Balaban J connectivity index is 0.823. The van der Waals surface area contributed by atoms with Crippen LogP contribution in [0.5, 0.6) is 17.2 Å². The van der Waals surface area contributed by atoms with Crippen LogP contribution in [0.25, 0.3) is 0 Å². The molecule has 4 fully saturated rings. The highest BCUT2D eigenvalue weighted by Crippen LogP contribution is 2.39. The quantitative estimate of drug-likeness (QED) is 0.0338. The zero-order valence-electron chi connectivity index (χ0n) is 43.0. The second-order valence-electron chi connectivity index (χ2n) is 20.8. The first-order valence-corrected chi connectivity index (χ1v) is 27.2. The molecule has 4 aliphatic heterocycles. The van der Waals surface area contributed by atoms with Crippen LogP contribution in [0, 0.1) is 0 Å². The molecule has 0 saturated carbocycles. The summed E-state index contributed by atoms with van der Waals surface area (Å²) in [7, 11) is 0. The van der Waals surface area contributed by atoms with Crippen LogP contribution < -0.4 is 21.3 Å². The second-order valence-corrected chi connectivity index (χ2v) is 20.8. The van der Waals surface area contributed by atoms with Crippen molar-refractivity contribution in [1.82, 2.24) is 16.0 Å². The molecule has 2 amide bonds. The Bertz CT molecular complexity index is 2310. The summed E-state index contributed by atoms with van der Waals surface area (Å²) in [5, 5.41) is 67.7. The van der Waals surface area contributed by atoms with Crippen LogP contribution >= 0.6 is 0 Å². The number of phenolic OH excluding ortho intramolecular Hbond substituents is 3. The van der Waals surface area contributed by atoms with Gasteiger partial charge in [0.05, 0.1) is 61.5 Å². The number of aromatic hydroxyl groups is 3. The molecule has 14 atom stereocenters. The number of carbonyl (C=O) groups excluding carboxylic acids is 1. The van der Waals surface area contributed by atoms with Gasteiger partial charge in [0.2, 0.25) is 0 Å². The normalized spacial score (nSPS) is 29.2. The van der Waals surface area contributed by atoms with Crippen molar-refractivity contribution in [2.45, 2.75) is 203 Å². The number of anilines is 1. The summed E-state index contributed by atoms with van der Waals surface area (Å²) in [5.74, 6) is 0.484. The molecule has 13 unspecified atom stereocenters. The summed E-state index contributed by atoms with van der Waals surface area (Å²) >= 11 is 0. The molecule has 9 N–H and O–H groups in total. The number of urea groups is 1. The van der Waals surface area contributed by atoms with E-state index < -0.39 is 31.1 Å². The molecule has 0 aliphatic carbocycles. The van der Waals surface area contributed by atoms with Gasteiger partial charge in [0.15, 0.2) is 18.9 Å². The van der Waals surface area contributed by atoms with Crippen LogP contribution in [-0.2, 0) is 28.4 Å². The fraction of sp³-hybridized carbons (Fsp3) is 0.569. The fourth-order valence-corrected chi connectivity index (χ4v) is 11.0. The van der Waals surface area contributed by atoms with Gasteiger partial charge in [-0.15, -0.1) is 0 Å². The summed E-state index contributed by atoms with van der Waals surface area (Å²) < 4.78 is 38.1. The predicted molar refractivity (Wildman–Crippen MR) is 280 cm³/mol. The average molecular weight is 1030 g/mol. The molecule has 0 spiro atoms. The summed E-state index contributed by atoms with van der Waals surface area (Å²) in [5.41, 5.74) is 2.66. The number of rotatable bonds is 23. The number of hydrogen-bond acceptors (Lipinski definition) is 14. The van der Waals surface area contributed by atoms with Gasteiger partial charge in [0.1, 0.15) is 17.2 Å². The molecule has 8 rings (SSSR count). The molecule has 4 aromatic carbocycles. The maximum atomic E-state index is 12.9. The van der Waals surface area contributed by atoms with Gasteiger partial charge < -0.3 is 64.6 Å². The van der Waals surface area contributed by atoms with Gasteiger partial charge in [-0.1, -0.05) is 79.7 Å². The van der Waals surface area contributed by atoms with E-state index in [-0.39, 0.29) is 78.7 Å². The smallest absolute Gasteiger partial charge is 0.319 e. The van der Waals surface area contributed by atoms with Crippen LogP contribution in [0.15, 0.2) is 103 Å². The minimum absolute atomic E-state index is 0.0975. The maximum absolute atomic E-state index is 12.9. The van der Waals surface area contributed by atoms with Gasteiger partial charge >= 0.3 is 6.03 Å². The lowest BCUT2D eigenvalue weighted by atomic mass is 9.93. The van der Waals surface area contributed by atoms with Crippen molar-refractivity contribution >= 4 is 11.7 Å². The van der Waals surface area contributed by atoms with Gasteiger partial charge in [-0.3, -0.25) is 10.6 Å². The Labute approximate surface area is 436 Å². The van der Waals surface area contributed by atoms with Crippen molar-refractivity contribution in [3.05, 3.63) is 120 Å². The zero-order chi connectivity index (χ0) is 51.8. The summed E-state index contributed by atoms with van der Waals surface area (Å²) in [6.07, 6.45) is 6.51. The SMILES string of the molecule is CCC1CC(CCCC2CC(CC(O)CCCC3CC(CCCC(O)CC4C[C@H](C)OC(c5ccccc5O)O4)OC(c4ccccc4O)O3)OC(CNC(=O)Nc3ccccc3)O2)NC(c2ccccc2O)N1. The zero-order valence-corrected chi connectivity index (χ0v) is 43.0. The molecule has 16 nitrogen and oxygen atoms in total. The van der Waals surface area contributed by atoms with Crippen molar-refractivity contribution in [2.75, 3.05) is 11.9 Å². The summed E-state index contributed by atoms with van der Waals surface area (Å²) in [6.45, 7) is 4.30. The van der Waals surface area contributed by atoms with Gasteiger partial charge in [-0.25, -0.2) is 4.79 Å². The standard InChI is InChI=1S/C58H80N4O12/c1-3-38-31-40(61-55(60-38)48-24-7-10-27-51(48)65)18-13-21-43-35-47(71-54(70-43)36-59-58(68)62-39-16-5-4-6-17-39)33-42(64)20-15-23-45-34-44(72-57(73-45)50-26-9-12-29-53(50)67)22-14-19-41(63)32-46-30-37(2)69-56(74-46)49-25-8-11-28-52(49)66/h4-12,16-17,24-29,37-38,40-47,54-57,60-61,63-67H,3,13-15,18-23,30-36H2,1-2H3,(H2,59,62,68)/t37-,38?,40?,41?,42?,43?,44?,45?,46?,47?,54?,55?,56?,57?/m0/s1. The van der Waals surface area contributed by atoms with Crippen LogP contribution in [0.3, 0.4) is 0 Å². The third-order valence-corrected chi connectivity index (χ3v) is 14.9. The molecule has 404 valence electrons. The van der Waals surface area contributed by atoms with E-state index >= 15 is 0 Å². The van der Waals surface area contributed by atoms with Gasteiger partial charge in [0, 0.05) is 47.3 Å². The van der Waals surface area contributed by atoms with Crippen molar-refractivity contribution in [2.24, 2.45) is 0 Å². The second kappa shape index (κ2) is 27.8. The Morgan fingerprint density at radius 3 is 1.66 bits per heavy atom. The van der Waals surface area contributed by atoms with Gasteiger partial charge in [0.25, 0.3) is 0 Å². The monoisotopic (exact) mass is 1020 g/mol.